The van der Waals surface area contributed by atoms with Crippen molar-refractivity contribution in [2.75, 3.05) is 0 Å². The minimum atomic E-state index is 0.358. The minimum absolute atomic E-state index is 0.358. The number of hydrogen-bond donors (Lipinski definition) is 2. The number of imidazole rings is 1. The van der Waals surface area contributed by atoms with Crippen molar-refractivity contribution in [3.8, 4) is 0 Å². The van der Waals surface area contributed by atoms with E-state index in [1.165, 1.54) is 18.4 Å². The van der Waals surface area contributed by atoms with E-state index in [0.717, 1.165) is 18.2 Å². The molecule has 1 aromatic heterocycles. The number of rotatable bonds is 5. The summed E-state index contributed by atoms with van der Waals surface area (Å²) in [5, 5.41) is 3.71. The van der Waals surface area contributed by atoms with Gasteiger partial charge < -0.3 is 10.3 Å². The van der Waals surface area contributed by atoms with E-state index in [1.807, 2.05) is 12.4 Å². The molecule has 2 aromatic rings. The van der Waals surface area contributed by atoms with Crippen molar-refractivity contribution in [3.63, 3.8) is 0 Å². The Kier molecular flexibility index (Phi) is 3.65. The molecule has 1 fully saturated rings. The fourth-order valence-corrected chi connectivity index (χ4v) is 2.89. The van der Waals surface area contributed by atoms with Crippen molar-refractivity contribution in [2.24, 2.45) is 0 Å². The molecule has 1 aromatic carbocycles. The second-order valence-electron chi connectivity index (χ2n) is 5.38. The molecule has 1 saturated carbocycles. The Labute approximate surface area is 114 Å². The van der Waals surface area contributed by atoms with E-state index in [1.54, 1.807) is 0 Å². The smallest absolute Gasteiger partial charge is 0.123 e. The normalized spacial score (nSPS) is 23.8. The molecule has 3 rings (SSSR count). The van der Waals surface area contributed by atoms with Crippen molar-refractivity contribution in [1.82, 2.24) is 15.3 Å². The van der Waals surface area contributed by atoms with Gasteiger partial charge in [0.25, 0.3) is 0 Å². The second-order valence-corrected chi connectivity index (χ2v) is 5.38. The monoisotopic (exact) mass is 255 g/mol. The van der Waals surface area contributed by atoms with E-state index in [2.05, 4.69) is 52.5 Å². The minimum Gasteiger partial charge on any atom is -0.347 e. The van der Waals surface area contributed by atoms with Gasteiger partial charge in [-0.3, -0.25) is 0 Å². The van der Waals surface area contributed by atoms with Crippen LogP contribution in [0.3, 0.4) is 0 Å². The highest BCUT2D eigenvalue weighted by atomic mass is 15.0. The maximum Gasteiger partial charge on any atom is 0.123 e. The van der Waals surface area contributed by atoms with Crippen LogP contribution in [0, 0.1) is 0 Å². The molecule has 0 amide bonds. The topological polar surface area (TPSA) is 40.7 Å². The Balaban J connectivity index is 1.54. The SMILES string of the molecule is CCC(NC1CC(c2ccccc2)C1)c1ncc[nH]1. The molecule has 19 heavy (non-hydrogen) atoms. The number of aromatic nitrogens is 2. The first-order valence-corrected chi connectivity index (χ1v) is 7.17. The first kappa shape index (κ1) is 12.4. The molecule has 1 heterocycles. The predicted octanol–water partition coefficient (Wildman–Crippen LogP) is 3.40. The van der Waals surface area contributed by atoms with Crippen molar-refractivity contribution in [2.45, 2.75) is 44.2 Å². The van der Waals surface area contributed by atoms with Crippen LogP contribution in [0.1, 0.15) is 49.5 Å². The number of nitrogens with zero attached hydrogens (tertiary/aromatic N) is 1. The van der Waals surface area contributed by atoms with Gasteiger partial charge in [-0.05, 0) is 30.7 Å². The molecular formula is C16H21N3. The summed E-state index contributed by atoms with van der Waals surface area (Å²) in [7, 11) is 0. The lowest BCUT2D eigenvalue weighted by molar-refractivity contribution is 0.259. The maximum absolute atomic E-state index is 4.36. The third-order valence-electron chi connectivity index (χ3n) is 4.10. The lowest BCUT2D eigenvalue weighted by Gasteiger charge is -2.38. The van der Waals surface area contributed by atoms with Gasteiger partial charge in [0.15, 0.2) is 0 Å². The summed E-state index contributed by atoms with van der Waals surface area (Å²) in [6.07, 6.45) is 7.27. The number of nitrogens with one attached hydrogen (secondary N) is 2. The standard InChI is InChI=1S/C16H21N3/c1-2-15(16-17-8-9-18-16)19-14-10-13(11-14)12-6-4-3-5-7-12/h3-9,13-15,19H,2,10-11H2,1H3,(H,17,18). The molecule has 3 heteroatoms. The lowest BCUT2D eigenvalue weighted by atomic mass is 9.75. The summed E-state index contributed by atoms with van der Waals surface area (Å²) in [6, 6.07) is 11.8. The predicted molar refractivity (Wildman–Crippen MR) is 77.0 cm³/mol. The van der Waals surface area contributed by atoms with Crippen molar-refractivity contribution < 1.29 is 0 Å². The Morgan fingerprint density at radius 1 is 1.32 bits per heavy atom. The Morgan fingerprint density at radius 2 is 2.11 bits per heavy atom. The third kappa shape index (κ3) is 2.71. The van der Waals surface area contributed by atoms with Gasteiger partial charge in [-0.1, -0.05) is 37.3 Å². The summed E-state index contributed by atoms with van der Waals surface area (Å²) in [6.45, 7) is 2.20. The molecule has 0 aliphatic heterocycles. The van der Waals surface area contributed by atoms with Crippen LogP contribution in [-0.2, 0) is 0 Å². The molecule has 1 aliphatic carbocycles. The van der Waals surface area contributed by atoms with Gasteiger partial charge in [-0.15, -0.1) is 0 Å². The molecule has 2 N–H and O–H groups in total. The Morgan fingerprint density at radius 3 is 2.74 bits per heavy atom. The summed E-state index contributed by atoms with van der Waals surface area (Å²) in [4.78, 5) is 7.57. The number of benzene rings is 1. The van der Waals surface area contributed by atoms with Crippen LogP contribution < -0.4 is 5.32 Å². The largest absolute Gasteiger partial charge is 0.347 e. The fraction of sp³-hybridized carbons (Fsp3) is 0.438. The summed E-state index contributed by atoms with van der Waals surface area (Å²) >= 11 is 0. The van der Waals surface area contributed by atoms with Crippen LogP contribution in [0.15, 0.2) is 42.7 Å². The lowest BCUT2D eigenvalue weighted by Crippen LogP contribution is -2.42. The van der Waals surface area contributed by atoms with Crippen LogP contribution in [-0.4, -0.2) is 16.0 Å². The van der Waals surface area contributed by atoms with Crippen molar-refractivity contribution in [1.29, 1.82) is 0 Å². The molecule has 1 unspecified atom stereocenters. The van der Waals surface area contributed by atoms with Crippen LogP contribution in [0.25, 0.3) is 0 Å². The van der Waals surface area contributed by atoms with E-state index in [4.69, 9.17) is 0 Å². The first-order valence-electron chi connectivity index (χ1n) is 7.17. The third-order valence-corrected chi connectivity index (χ3v) is 4.10. The van der Waals surface area contributed by atoms with Gasteiger partial charge >= 0.3 is 0 Å². The fourth-order valence-electron chi connectivity index (χ4n) is 2.89. The highest BCUT2D eigenvalue weighted by Crippen LogP contribution is 2.37. The number of hydrogen-bond acceptors (Lipinski definition) is 2. The maximum atomic E-state index is 4.36. The van der Waals surface area contributed by atoms with E-state index in [-0.39, 0.29) is 0 Å². The second kappa shape index (κ2) is 5.57. The van der Waals surface area contributed by atoms with Gasteiger partial charge in [0.2, 0.25) is 0 Å². The average molecular weight is 255 g/mol. The molecule has 3 nitrogen and oxygen atoms in total. The van der Waals surface area contributed by atoms with Crippen LogP contribution in [0.5, 0.6) is 0 Å². The zero-order valence-corrected chi connectivity index (χ0v) is 11.3. The Hall–Kier alpha value is -1.61. The molecule has 100 valence electrons. The summed E-state index contributed by atoms with van der Waals surface area (Å²) in [5.41, 5.74) is 1.48. The molecule has 0 radical (unpaired) electrons. The molecule has 0 spiro atoms. The molecule has 0 bridgehead atoms. The summed E-state index contributed by atoms with van der Waals surface area (Å²) < 4.78 is 0. The van der Waals surface area contributed by atoms with Gasteiger partial charge in [0.1, 0.15) is 5.82 Å². The quantitative estimate of drug-likeness (QED) is 0.859. The summed E-state index contributed by atoms with van der Waals surface area (Å²) in [5.74, 6) is 1.79. The van der Waals surface area contributed by atoms with E-state index in [9.17, 15) is 0 Å². The van der Waals surface area contributed by atoms with E-state index < -0.39 is 0 Å². The van der Waals surface area contributed by atoms with Crippen LogP contribution in [0.4, 0.5) is 0 Å². The highest BCUT2D eigenvalue weighted by Gasteiger charge is 2.31. The van der Waals surface area contributed by atoms with Crippen LogP contribution >= 0.6 is 0 Å². The van der Waals surface area contributed by atoms with Gasteiger partial charge in [-0.25, -0.2) is 4.98 Å². The average Bonchev–Trinajstić information content (AvgIpc) is 2.92. The first-order chi connectivity index (χ1) is 9.36. The highest BCUT2D eigenvalue weighted by molar-refractivity contribution is 5.22. The van der Waals surface area contributed by atoms with Crippen LogP contribution in [0.2, 0.25) is 0 Å². The van der Waals surface area contributed by atoms with Gasteiger partial charge in [0.05, 0.1) is 6.04 Å². The zero-order chi connectivity index (χ0) is 13.1. The van der Waals surface area contributed by atoms with Crippen molar-refractivity contribution >= 4 is 0 Å². The van der Waals surface area contributed by atoms with Gasteiger partial charge in [-0.2, -0.15) is 0 Å². The number of H-pyrrole nitrogens is 1. The zero-order valence-electron chi connectivity index (χ0n) is 11.3. The van der Waals surface area contributed by atoms with Gasteiger partial charge in [0, 0.05) is 18.4 Å². The number of aromatic amines is 1. The van der Waals surface area contributed by atoms with Crippen molar-refractivity contribution in [3.05, 3.63) is 54.1 Å². The van der Waals surface area contributed by atoms with E-state index >= 15 is 0 Å². The van der Waals surface area contributed by atoms with E-state index in [0.29, 0.717) is 12.1 Å². The molecule has 1 aliphatic rings. The molecule has 1 atom stereocenters. The Bertz CT molecular complexity index is 486. The molecule has 0 saturated heterocycles. The molecular weight excluding hydrogens is 234 g/mol.